The first kappa shape index (κ1) is 11.0. The van der Waals surface area contributed by atoms with Crippen molar-refractivity contribution in [1.29, 1.82) is 0 Å². The van der Waals surface area contributed by atoms with Crippen LogP contribution in [0.1, 0.15) is 19.3 Å². The molecule has 0 aromatic rings. The van der Waals surface area contributed by atoms with Gasteiger partial charge in [0.2, 0.25) is 5.91 Å². The normalized spacial score (nSPS) is 18.1. The summed E-state index contributed by atoms with van der Waals surface area (Å²) in [5.41, 5.74) is -1.22. The first-order valence-electron chi connectivity index (χ1n) is 4.34. The monoisotopic (exact) mass is 217 g/mol. The van der Waals surface area contributed by atoms with Gasteiger partial charge in [-0.1, -0.05) is 24.6 Å². The van der Waals surface area contributed by atoms with E-state index in [2.05, 4.69) is 11.9 Å². The van der Waals surface area contributed by atoms with E-state index in [0.717, 1.165) is 6.42 Å². The van der Waals surface area contributed by atoms with E-state index in [9.17, 15) is 9.59 Å². The van der Waals surface area contributed by atoms with Gasteiger partial charge in [0, 0.05) is 5.03 Å². The van der Waals surface area contributed by atoms with Crippen LogP contribution in [0.5, 0.6) is 0 Å². The summed E-state index contributed by atoms with van der Waals surface area (Å²) in [5, 5.41) is 11.6. The Morgan fingerprint density at radius 2 is 2.07 bits per heavy atom. The Bertz CT molecular complexity index is 284. The molecule has 1 aliphatic rings. The number of carboxylic acids is 1. The van der Waals surface area contributed by atoms with Gasteiger partial charge in [0.15, 0.2) is 0 Å². The summed E-state index contributed by atoms with van der Waals surface area (Å²) >= 11 is 5.46. The molecule has 1 saturated carbocycles. The highest BCUT2D eigenvalue weighted by Crippen LogP contribution is 2.41. The summed E-state index contributed by atoms with van der Waals surface area (Å²) in [6.45, 7) is 3.52. The van der Waals surface area contributed by atoms with E-state index in [0.29, 0.717) is 17.9 Å². The van der Waals surface area contributed by atoms with Crippen molar-refractivity contribution >= 4 is 23.5 Å². The van der Waals surface area contributed by atoms with E-state index in [1.165, 1.54) is 0 Å². The van der Waals surface area contributed by atoms with Gasteiger partial charge in [-0.25, -0.2) is 0 Å². The molecule has 1 amide bonds. The van der Waals surface area contributed by atoms with Gasteiger partial charge >= 0.3 is 5.97 Å². The van der Waals surface area contributed by atoms with Gasteiger partial charge in [-0.05, 0) is 12.8 Å². The van der Waals surface area contributed by atoms with Crippen LogP contribution in [0.2, 0.25) is 0 Å². The lowest BCUT2D eigenvalue weighted by Gasteiger charge is -2.35. The van der Waals surface area contributed by atoms with Crippen LogP contribution in [-0.2, 0) is 9.59 Å². The van der Waals surface area contributed by atoms with Crippen LogP contribution in [0.4, 0.5) is 0 Å². The predicted octanol–water partition coefficient (Wildman–Crippen LogP) is 1.11. The molecule has 0 saturated heterocycles. The maximum Gasteiger partial charge on any atom is 0.319 e. The smallest absolute Gasteiger partial charge is 0.319 e. The molecule has 0 bridgehead atoms. The minimum Gasteiger partial charge on any atom is -0.480 e. The molecule has 1 rings (SSSR count). The predicted molar refractivity (Wildman–Crippen MR) is 51.9 cm³/mol. The Morgan fingerprint density at radius 3 is 2.36 bits per heavy atom. The molecule has 1 fully saturated rings. The molecule has 0 aromatic heterocycles. The van der Waals surface area contributed by atoms with Gasteiger partial charge in [-0.3, -0.25) is 9.59 Å². The quantitative estimate of drug-likeness (QED) is 0.694. The maximum atomic E-state index is 11.5. The first-order valence-corrected chi connectivity index (χ1v) is 4.72. The number of carbonyl (C=O) groups excluding carboxylic acids is 1. The summed E-state index contributed by atoms with van der Waals surface area (Å²) < 4.78 is 0. The van der Waals surface area contributed by atoms with Crippen molar-refractivity contribution in [1.82, 2.24) is 5.32 Å². The zero-order valence-corrected chi connectivity index (χ0v) is 8.43. The van der Waals surface area contributed by atoms with Gasteiger partial charge in [0.1, 0.15) is 5.41 Å². The molecular weight excluding hydrogens is 206 g/mol. The second kappa shape index (κ2) is 4.00. The van der Waals surface area contributed by atoms with Gasteiger partial charge in [0.25, 0.3) is 0 Å². The largest absolute Gasteiger partial charge is 0.480 e. The highest BCUT2D eigenvalue weighted by atomic mass is 35.5. The number of aliphatic carboxylic acids is 1. The standard InChI is InChI=1S/C9H12ClNO3/c1-6(10)5-11-7(12)9(8(13)14)3-2-4-9/h1-5H2,(H,11,12)(H,13,14). The number of hydrogen-bond acceptors (Lipinski definition) is 2. The van der Waals surface area contributed by atoms with Crippen molar-refractivity contribution < 1.29 is 14.7 Å². The molecule has 78 valence electrons. The number of halogens is 1. The van der Waals surface area contributed by atoms with Crippen LogP contribution < -0.4 is 5.32 Å². The summed E-state index contributed by atoms with van der Waals surface area (Å²) in [4.78, 5) is 22.4. The zero-order chi connectivity index (χ0) is 10.8. The Labute approximate surface area is 86.9 Å². The Kier molecular flexibility index (Phi) is 3.16. The van der Waals surface area contributed by atoms with Crippen molar-refractivity contribution in [2.24, 2.45) is 5.41 Å². The molecule has 0 heterocycles. The van der Waals surface area contributed by atoms with Crippen molar-refractivity contribution in [2.45, 2.75) is 19.3 Å². The second-order valence-corrected chi connectivity index (χ2v) is 3.98. The van der Waals surface area contributed by atoms with Gasteiger partial charge in [0.05, 0.1) is 6.54 Å². The van der Waals surface area contributed by atoms with Crippen molar-refractivity contribution in [3.8, 4) is 0 Å². The summed E-state index contributed by atoms with van der Waals surface area (Å²) in [5.74, 6) is -1.51. The summed E-state index contributed by atoms with van der Waals surface area (Å²) in [6.07, 6.45) is 1.59. The number of hydrogen-bond donors (Lipinski definition) is 2. The van der Waals surface area contributed by atoms with E-state index in [4.69, 9.17) is 16.7 Å². The van der Waals surface area contributed by atoms with Gasteiger partial charge in [-0.2, -0.15) is 0 Å². The molecule has 5 heteroatoms. The van der Waals surface area contributed by atoms with Crippen LogP contribution in [0.15, 0.2) is 11.6 Å². The van der Waals surface area contributed by atoms with Gasteiger partial charge < -0.3 is 10.4 Å². The number of carboxylic acid groups (broad SMARTS) is 1. The Balaban J connectivity index is 2.57. The molecule has 4 nitrogen and oxygen atoms in total. The lowest BCUT2D eigenvalue weighted by atomic mass is 9.68. The third kappa shape index (κ3) is 1.90. The average molecular weight is 218 g/mol. The van der Waals surface area contributed by atoms with E-state index in [1.807, 2.05) is 0 Å². The highest BCUT2D eigenvalue weighted by molar-refractivity contribution is 6.29. The minimum absolute atomic E-state index is 0.120. The van der Waals surface area contributed by atoms with Crippen LogP contribution in [0.25, 0.3) is 0 Å². The van der Waals surface area contributed by atoms with E-state index in [-0.39, 0.29) is 6.54 Å². The molecule has 1 aliphatic carbocycles. The minimum atomic E-state index is -1.22. The van der Waals surface area contributed by atoms with Crippen LogP contribution in [0.3, 0.4) is 0 Å². The first-order chi connectivity index (χ1) is 6.49. The SMILES string of the molecule is C=C(Cl)CNC(=O)C1(C(=O)O)CCC1. The highest BCUT2D eigenvalue weighted by Gasteiger charge is 2.50. The summed E-state index contributed by atoms with van der Waals surface area (Å²) in [6, 6.07) is 0. The van der Waals surface area contributed by atoms with Crippen LogP contribution in [0, 0.1) is 5.41 Å². The molecular formula is C9H12ClNO3. The fourth-order valence-electron chi connectivity index (χ4n) is 1.41. The molecule has 2 N–H and O–H groups in total. The zero-order valence-electron chi connectivity index (χ0n) is 7.68. The molecule has 14 heavy (non-hydrogen) atoms. The number of carbonyl (C=O) groups is 2. The molecule has 0 unspecified atom stereocenters. The van der Waals surface area contributed by atoms with E-state index < -0.39 is 17.3 Å². The second-order valence-electron chi connectivity index (χ2n) is 3.44. The molecule has 0 aliphatic heterocycles. The number of nitrogens with one attached hydrogen (secondary N) is 1. The average Bonchev–Trinajstić information content (AvgIpc) is 1.97. The Morgan fingerprint density at radius 1 is 1.50 bits per heavy atom. The van der Waals surface area contributed by atoms with Crippen molar-refractivity contribution in [3.05, 3.63) is 11.6 Å². The number of rotatable bonds is 4. The molecule has 0 aromatic carbocycles. The van der Waals surface area contributed by atoms with Gasteiger partial charge in [-0.15, -0.1) is 0 Å². The molecule has 0 spiro atoms. The van der Waals surface area contributed by atoms with Crippen molar-refractivity contribution in [3.63, 3.8) is 0 Å². The summed E-state index contributed by atoms with van der Waals surface area (Å²) in [7, 11) is 0. The van der Waals surface area contributed by atoms with Crippen LogP contribution in [-0.4, -0.2) is 23.5 Å². The topological polar surface area (TPSA) is 66.4 Å². The maximum absolute atomic E-state index is 11.5. The lowest BCUT2D eigenvalue weighted by molar-refractivity contribution is -0.161. The third-order valence-corrected chi connectivity index (χ3v) is 2.63. The van der Waals surface area contributed by atoms with E-state index >= 15 is 0 Å². The molecule has 0 atom stereocenters. The lowest BCUT2D eigenvalue weighted by Crippen LogP contribution is -2.51. The van der Waals surface area contributed by atoms with Crippen molar-refractivity contribution in [2.75, 3.05) is 6.54 Å². The number of amides is 1. The molecule has 0 radical (unpaired) electrons. The fourth-order valence-corrected chi connectivity index (χ4v) is 1.48. The van der Waals surface area contributed by atoms with Crippen LogP contribution >= 0.6 is 11.6 Å². The Hall–Kier alpha value is -1.03. The van der Waals surface area contributed by atoms with E-state index in [1.54, 1.807) is 0 Å². The fraction of sp³-hybridized carbons (Fsp3) is 0.556. The third-order valence-electron chi connectivity index (χ3n) is 2.49.